The molecule has 1 aromatic rings. The molecule has 0 heterocycles. The smallest absolute Gasteiger partial charge is 0.241 e. The molecule has 86 valence electrons. The average Bonchev–Trinajstić information content (AvgIpc) is 2.12. The highest BCUT2D eigenvalue weighted by atomic mass is 35.5. The molecule has 0 aliphatic carbocycles. The van der Waals surface area contributed by atoms with Crippen LogP contribution in [0.2, 0.25) is 5.02 Å². The second-order valence-corrected chi connectivity index (χ2v) is 4.91. The Balaban J connectivity index is 3.15. The largest absolute Gasteiger partial charge is 0.366 e. The van der Waals surface area contributed by atoms with E-state index in [2.05, 4.69) is 0 Å². The number of carbonyl (C=O) groups is 1. The number of sulfonamides is 1. The summed E-state index contributed by atoms with van der Waals surface area (Å²) >= 11 is 5.72. The highest BCUT2D eigenvalue weighted by molar-refractivity contribution is 7.89. The van der Waals surface area contributed by atoms with Gasteiger partial charge >= 0.3 is 0 Å². The highest BCUT2D eigenvalue weighted by Crippen LogP contribution is 2.21. The maximum atomic E-state index is 11.0. The summed E-state index contributed by atoms with van der Waals surface area (Å²) in [6.45, 7) is 0. The Hall–Kier alpha value is -1.37. The molecule has 0 saturated heterocycles. The third kappa shape index (κ3) is 3.34. The minimum Gasteiger partial charge on any atom is -0.366 e. The van der Waals surface area contributed by atoms with Gasteiger partial charge in [-0.05, 0) is 23.8 Å². The molecule has 1 amide bonds. The second kappa shape index (κ2) is 4.65. The van der Waals surface area contributed by atoms with E-state index in [4.69, 9.17) is 22.5 Å². The van der Waals surface area contributed by atoms with Crippen molar-refractivity contribution in [3.63, 3.8) is 0 Å². The molecule has 5 nitrogen and oxygen atoms in total. The Morgan fingerprint density at radius 1 is 1.38 bits per heavy atom. The Kier molecular flexibility index (Phi) is 3.69. The number of hydrogen-bond acceptors (Lipinski definition) is 3. The van der Waals surface area contributed by atoms with E-state index < -0.39 is 15.9 Å². The van der Waals surface area contributed by atoms with Gasteiger partial charge in [0.1, 0.15) is 4.90 Å². The monoisotopic (exact) mass is 260 g/mol. The van der Waals surface area contributed by atoms with Crippen LogP contribution in [0.1, 0.15) is 5.56 Å². The first kappa shape index (κ1) is 12.7. The molecule has 0 aliphatic heterocycles. The third-order valence-corrected chi connectivity index (χ3v) is 3.10. The minimum atomic E-state index is -3.83. The van der Waals surface area contributed by atoms with Crippen LogP contribution in [0.4, 0.5) is 0 Å². The van der Waals surface area contributed by atoms with E-state index in [-0.39, 0.29) is 9.92 Å². The molecule has 1 rings (SSSR count). The zero-order chi connectivity index (χ0) is 12.3. The van der Waals surface area contributed by atoms with Gasteiger partial charge in [0.25, 0.3) is 0 Å². The molecule has 0 bridgehead atoms. The summed E-state index contributed by atoms with van der Waals surface area (Å²) in [7, 11) is -3.83. The van der Waals surface area contributed by atoms with Crippen LogP contribution in [0.3, 0.4) is 0 Å². The van der Waals surface area contributed by atoms with Crippen LogP contribution in [0.15, 0.2) is 29.2 Å². The van der Waals surface area contributed by atoms with Gasteiger partial charge in [-0.2, -0.15) is 0 Å². The SMILES string of the molecule is NC(=O)C=Cc1ccc(S(N)(=O)=O)c(Cl)c1. The lowest BCUT2D eigenvalue weighted by Crippen LogP contribution is -2.12. The van der Waals surface area contributed by atoms with Crippen LogP contribution in [0.5, 0.6) is 0 Å². The van der Waals surface area contributed by atoms with Gasteiger partial charge in [0, 0.05) is 6.08 Å². The Morgan fingerprint density at radius 3 is 2.44 bits per heavy atom. The average molecular weight is 261 g/mol. The lowest BCUT2D eigenvalue weighted by atomic mass is 10.2. The highest BCUT2D eigenvalue weighted by Gasteiger charge is 2.12. The first-order chi connectivity index (χ1) is 7.30. The predicted octanol–water partition coefficient (Wildman–Crippen LogP) is 0.486. The van der Waals surface area contributed by atoms with Crippen molar-refractivity contribution in [3.05, 3.63) is 34.9 Å². The summed E-state index contributed by atoms with van der Waals surface area (Å²) in [4.78, 5) is 10.3. The van der Waals surface area contributed by atoms with Crippen LogP contribution in [-0.4, -0.2) is 14.3 Å². The molecule has 16 heavy (non-hydrogen) atoms. The summed E-state index contributed by atoms with van der Waals surface area (Å²) < 4.78 is 22.1. The lowest BCUT2D eigenvalue weighted by Gasteiger charge is -2.02. The summed E-state index contributed by atoms with van der Waals surface area (Å²) in [5.41, 5.74) is 5.45. The van der Waals surface area contributed by atoms with Gasteiger partial charge in [0.2, 0.25) is 15.9 Å². The number of primary amides is 1. The van der Waals surface area contributed by atoms with E-state index in [9.17, 15) is 13.2 Å². The van der Waals surface area contributed by atoms with Crippen LogP contribution in [0, 0.1) is 0 Å². The van der Waals surface area contributed by atoms with Crippen molar-refractivity contribution in [2.24, 2.45) is 10.9 Å². The minimum absolute atomic E-state index is 0.00544. The maximum Gasteiger partial charge on any atom is 0.241 e. The fourth-order valence-corrected chi connectivity index (χ4v) is 2.13. The number of nitrogens with two attached hydrogens (primary N) is 2. The van der Waals surface area contributed by atoms with Gasteiger partial charge in [-0.15, -0.1) is 0 Å². The van der Waals surface area contributed by atoms with E-state index in [1.807, 2.05) is 0 Å². The second-order valence-electron chi connectivity index (χ2n) is 2.97. The Labute approximate surface area is 97.7 Å². The standard InChI is InChI=1S/C9H9ClN2O3S/c10-7-5-6(2-4-9(11)13)1-3-8(7)16(12,14)15/h1-5H,(H2,11,13)(H2,12,14,15). The van der Waals surface area contributed by atoms with Crippen LogP contribution in [0.25, 0.3) is 6.08 Å². The Bertz CT molecular complexity index is 552. The van der Waals surface area contributed by atoms with E-state index in [0.29, 0.717) is 5.56 Å². The van der Waals surface area contributed by atoms with Crippen molar-refractivity contribution in [3.8, 4) is 0 Å². The molecule has 0 spiro atoms. The number of amides is 1. The van der Waals surface area contributed by atoms with Crippen LogP contribution >= 0.6 is 11.6 Å². The van der Waals surface area contributed by atoms with Gasteiger partial charge in [-0.3, -0.25) is 4.79 Å². The summed E-state index contributed by atoms with van der Waals surface area (Å²) in [6.07, 6.45) is 2.56. The first-order valence-electron chi connectivity index (χ1n) is 4.10. The molecule has 0 saturated carbocycles. The van der Waals surface area contributed by atoms with Gasteiger partial charge in [-0.1, -0.05) is 17.7 Å². The molecule has 4 N–H and O–H groups in total. The van der Waals surface area contributed by atoms with Gasteiger partial charge in [0.15, 0.2) is 0 Å². The number of primary sulfonamides is 1. The summed E-state index contributed by atoms with van der Waals surface area (Å²) in [5, 5.41) is 4.92. The van der Waals surface area contributed by atoms with Crippen molar-refractivity contribution in [1.29, 1.82) is 0 Å². The molecule has 0 unspecified atom stereocenters. The van der Waals surface area contributed by atoms with Gasteiger partial charge < -0.3 is 5.73 Å². The molecule has 0 atom stereocenters. The first-order valence-corrected chi connectivity index (χ1v) is 6.03. The molecule has 7 heteroatoms. The van der Waals surface area contributed by atoms with Crippen molar-refractivity contribution >= 4 is 33.6 Å². The van der Waals surface area contributed by atoms with Crippen molar-refractivity contribution in [2.45, 2.75) is 4.90 Å². The quantitative estimate of drug-likeness (QED) is 0.773. The molecule has 0 aliphatic rings. The van der Waals surface area contributed by atoms with Crippen molar-refractivity contribution in [2.75, 3.05) is 0 Å². The van der Waals surface area contributed by atoms with Gasteiger partial charge in [0.05, 0.1) is 5.02 Å². The third-order valence-electron chi connectivity index (χ3n) is 1.70. The van der Waals surface area contributed by atoms with Crippen LogP contribution < -0.4 is 10.9 Å². The molecule has 0 radical (unpaired) electrons. The van der Waals surface area contributed by atoms with E-state index in [0.717, 1.165) is 6.08 Å². The summed E-state index contributed by atoms with van der Waals surface area (Å²) in [5.74, 6) is -0.605. The van der Waals surface area contributed by atoms with Crippen molar-refractivity contribution in [1.82, 2.24) is 0 Å². The fourth-order valence-electron chi connectivity index (χ4n) is 1.03. The van der Waals surface area contributed by atoms with Crippen LogP contribution in [-0.2, 0) is 14.8 Å². The number of carbonyl (C=O) groups excluding carboxylic acids is 1. The van der Waals surface area contributed by atoms with Crippen molar-refractivity contribution < 1.29 is 13.2 Å². The normalized spacial score (nSPS) is 11.9. The van der Waals surface area contributed by atoms with E-state index in [1.165, 1.54) is 24.3 Å². The maximum absolute atomic E-state index is 11.0. The topological polar surface area (TPSA) is 103 Å². The van der Waals surface area contributed by atoms with Gasteiger partial charge in [-0.25, -0.2) is 13.6 Å². The number of benzene rings is 1. The molecule has 1 aromatic carbocycles. The number of hydrogen-bond donors (Lipinski definition) is 2. The molecule has 0 fully saturated rings. The predicted molar refractivity (Wildman–Crippen MR) is 61.1 cm³/mol. The Morgan fingerprint density at radius 2 is 2.00 bits per heavy atom. The number of rotatable bonds is 3. The number of halogens is 1. The lowest BCUT2D eigenvalue weighted by molar-refractivity contribution is -0.113. The van der Waals surface area contributed by atoms with E-state index in [1.54, 1.807) is 0 Å². The zero-order valence-corrected chi connectivity index (χ0v) is 9.62. The van der Waals surface area contributed by atoms with E-state index >= 15 is 0 Å². The molecule has 0 aromatic heterocycles. The molecular formula is C9H9ClN2O3S. The fraction of sp³-hybridized carbons (Fsp3) is 0. The molecular weight excluding hydrogens is 252 g/mol. The zero-order valence-electron chi connectivity index (χ0n) is 8.05. The summed E-state index contributed by atoms with van der Waals surface area (Å²) in [6, 6.07) is 4.10.